The zero-order valence-corrected chi connectivity index (χ0v) is 13.1. The predicted molar refractivity (Wildman–Crippen MR) is 89.3 cm³/mol. The number of nitrogens with one attached hydrogen (secondary N) is 2. The van der Waals surface area contributed by atoms with E-state index in [1.165, 1.54) is 5.56 Å². The monoisotopic (exact) mass is 284 g/mol. The summed E-state index contributed by atoms with van der Waals surface area (Å²) >= 11 is 0. The maximum Gasteiger partial charge on any atom is 0.139 e. The molecule has 0 unspecified atom stereocenters. The van der Waals surface area contributed by atoms with Crippen LogP contribution in [0.15, 0.2) is 30.6 Å². The van der Waals surface area contributed by atoms with Crippen LogP contribution in [0.2, 0.25) is 0 Å². The number of nitrogens with zero attached hydrogens (tertiary/aromatic N) is 2. The average molecular weight is 284 g/mol. The summed E-state index contributed by atoms with van der Waals surface area (Å²) in [7, 11) is 0. The molecule has 21 heavy (non-hydrogen) atoms. The van der Waals surface area contributed by atoms with Gasteiger partial charge in [0.05, 0.1) is 0 Å². The fourth-order valence-electron chi connectivity index (χ4n) is 2.21. The Bertz CT molecular complexity index is 564. The Hall–Kier alpha value is -2.10. The fourth-order valence-corrected chi connectivity index (χ4v) is 2.21. The summed E-state index contributed by atoms with van der Waals surface area (Å²) in [5.41, 5.74) is 3.52. The maximum absolute atomic E-state index is 4.39. The first-order chi connectivity index (χ1) is 10.3. The zero-order chi connectivity index (χ0) is 15.1. The molecule has 2 N–H and O–H groups in total. The summed E-state index contributed by atoms with van der Waals surface area (Å²) in [6.07, 6.45) is 4.63. The molecule has 4 nitrogen and oxygen atoms in total. The van der Waals surface area contributed by atoms with Gasteiger partial charge in [-0.3, -0.25) is 0 Å². The minimum Gasteiger partial charge on any atom is -0.370 e. The first-order valence-corrected chi connectivity index (χ1v) is 7.72. The van der Waals surface area contributed by atoms with Gasteiger partial charge in [-0.25, -0.2) is 9.97 Å². The van der Waals surface area contributed by atoms with Gasteiger partial charge in [0.1, 0.15) is 18.0 Å². The molecular weight excluding hydrogens is 260 g/mol. The van der Waals surface area contributed by atoms with Crippen LogP contribution in [0.5, 0.6) is 0 Å². The summed E-state index contributed by atoms with van der Waals surface area (Å²) in [6, 6.07) is 8.48. The molecule has 1 heterocycles. The highest BCUT2D eigenvalue weighted by Gasteiger charge is 2.09. The lowest BCUT2D eigenvalue weighted by molar-refractivity contribution is 0.949. The highest BCUT2D eigenvalue weighted by Crippen LogP contribution is 2.24. The van der Waals surface area contributed by atoms with Crippen molar-refractivity contribution in [2.75, 3.05) is 17.2 Å². The first-order valence-electron chi connectivity index (χ1n) is 7.72. The van der Waals surface area contributed by atoms with Gasteiger partial charge in [0, 0.05) is 17.8 Å². The van der Waals surface area contributed by atoms with Crippen molar-refractivity contribution in [1.82, 2.24) is 9.97 Å². The van der Waals surface area contributed by atoms with Crippen molar-refractivity contribution in [3.8, 4) is 0 Å². The molecule has 0 aliphatic heterocycles. The largest absolute Gasteiger partial charge is 0.370 e. The van der Waals surface area contributed by atoms with Gasteiger partial charge in [-0.2, -0.15) is 0 Å². The normalized spacial score (nSPS) is 10.4. The molecule has 0 radical (unpaired) electrons. The summed E-state index contributed by atoms with van der Waals surface area (Å²) in [5, 5.41) is 6.77. The van der Waals surface area contributed by atoms with Crippen LogP contribution in [0, 0.1) is 0 Å². The quantitative estimate of drug-likeness (QED) is 0.801. The summed E-state index contributed by atoms with van der Waals surface area (Å²) in [6.45, 7) is 7.36. The Labute approximate surface area is 127 Å². The first kappa shape index (κ1) is 15.3. The SMILES string of the molecule is CCCNc1ncnc(Nc2ccc(CC)cc2)c1CC. The Balaban J connectivity index is 2.21. The fraction of sp³-hybridized carbons (Fsp3) is 0.412. The molecule has 2 rings (SSSR count). The van der Waals surface area contributed by atoms with Crippen molar-refractivity contribution >= 4 is 17.3 Å². The van der Waals surface area contributed by atoms with Crippen molar-refractivity contribution in [3.05, 3.63) is 41.7 Å². The van der Waals surface area contributed by atoms with E-state index in [1.54, 1.807) is 6.33 Å². The molecular formula is C17H24N4. The standard InChI is InChI=1S/C17H24N4/c1-4-11-18-16-15(6-3)17(20-12-19-16)21-14-9-7-13(5-2)8-10-14/h7-10,12H,4-6,11H2,1-3H3,(H2,18,19,20,21). The van der Waals surface area contributed by atoms with Gasteiger partial charge in [0.15, 0.2) is 0 Å². The van der Waals surface area contributed by atoms with E-state index < -0.39 is 0 Å². The number of aromatic nitrogens is 2. The Morgan fingerprint density at radius 3 is 2.24 bits per heavy atom. The van der Waals surface area contributed by atoms with Gasteiger partial charge < -0.3 is 10.6 Å². The van der Waals surface area contributed by atoms with Crippen LogP contribution in [0.25, 0.3) is 0 Å². The molecule has 0 aliphatic rings. The zero-order valence-electron chi connectivity index (χ0n) is 13.1. The highest BCUT2D eigenvalue weighted by atomic mass is 15.1. The molecule has 0 fully saturated rings. The molecule has 2 aromatic rings. The van der Waals surface area contributed by atoms with E-state index >= 15 is 0 Å². The lowest BCUT2D eigenvalue weighted by atomic mass is 10.1. The molecule has 0 aliphatic carbocycles. The lowest BCUT2D eigenvalue weighted by Crippen LogP contribution is -2.08. The van der Waals surface area contributed by atoms with E-state index in [2.05, 4.69) is 65.6 Å². The molecule has 0 amide bonds. The van der Waals surface area contributed by atoms with Gasteiger partial charge in [0.25, 0.3) is 0 Å². The molecule has 0 spiro atoms. The third kappa shape index (κ3) is 3.94. The van der Waals surface area contributed by atoms with Crippen molar-refractivity contribution in [2.24, 2.45) is 0 Å². The molecule has 0 bridgehead atoms. The lowest BCUT2D eigenvalue weighted by Gasteiger charge is -2.14. The third-order valence-corrected chi connectivity index (χ3v) is 3.47. The second kappa shape index (κ2) is 7.62. The van der Waals surface area contributed by atoms with E-state index in [0.717, 1.165) is 48.7 Å². The maximum atomic E-state index is 4.39. The smallest absolute Gasteiger partial charge is 0.139 e. The number of aryl methyl sites for hydroxylation is 1. The van der Waals surface area contributed by atoms with E-state index in [9.17, 15) is 0 Å². The molecule has 1 aromatic carbocycles. The van der Waals surface area contributed by atoms with Crippen LogP contribution in [0.4, 0.5) is 17.3 Å². The number of hydrogen-bond acceptors (Lipinski definition) is 4. The van der Waals surface area contributed by atoms with Crippen molar-refractivity contribution in [3.63, 3.8) is 0 Å². The number of anilines is 3. The second-order valence-corrected chi connectivity index (χ2v) is 5.01. The van der Waals surface area contributed by atoms with Crippen LogP contribution in [-0.2, 0) is 12.8 Å². The van der Waals surface area contributed by atoms with Crippen LogP contribution in [0.3, 0.4) is 0 Å². The summed E-state index contributed by atoms with van der Waals surface area (Å²) < 4.78 is 0. The topological polar surface area (TPSA) is 49.8 Å². The van der Waals surface area contributed by atoms with Gasteiger partial charge in [0.2, 0.25) is 0 Å². The molecule has 4 heteroatoms. The van der Waals surface area contributed by atoms with E-state index in [-0.39, 0.29) is 0 Å². The van der Waals surface area contributed by atoms with Gasteiger partial charge in [-0.05, 0) is 37.0 Å². The highest BCUT2D eigenvalue weighted by molar-refractivity contribution is 5.65. The van der Waals surface area contributed by atoms with Crippen molar-refractivity contribution in [2.45, 2.75) is 40.0 Å². The summed E-state index contributed by atoms with van der Waals surface area (Å²) in [4.78, 5) is 8.75. The van der Waals surface area contributed by atoms with Crippen molar-refractivity contribution < 1.29 is 0 Å². The Kier molecular flexibility index (Phi) is 5.55. The van der Waals surface area contributed by atoms with E-state index in [4.69, 9.17) is 0 Å². The molecule has 0 saturated carbocycles. The van der Waals surface area contributed by atoms with Gasteiger partial charge in [-0.1, -0.05) is 32.9 Å². The molecule has 1 aromatic heterocycles. The Morgan fingerprint density at radius 1 is 0.905 bits per heavy atom. The minimum atomic E-state index is 0.885. The predicted octanol–water partition coefficient (Wildman–Crippen LogP) is 4.17. The number of rotatable bonds is 7. The van der Waals surface area contributed by atoms with Gasteiger partial charge in [-0.15, -0.1) is 0 Å². The second-order valence-electron chi connectivity index (χ2n) is 5.01. The van der Waals surface area contributed by atoms with Gasteiger partial charge >= 0.3 is 0 Å². The van der Waals surface area contributed by atoms with Crippen LogP contribution >= 0.6 is 0 Å². The van der Waals surface area contributed by atoms with Crippen LogP contribution < -0.4 is 10.6 Å². The minimum absolute atomic E-state index is 0.885. The average Bonchev–Trinajstić information content (AvgIpc) is 2.53. The number of hydrogen-bond donors (Lipinski definition) is 2. The number of benzene rings is 1. The molecule has 0 atom stereocenters. The van der Waals surface area contributed by atoms with Crippen LogP contribution in [-0.4, -0.2) is 16.5 Å². The van der Waals surface area contributed by atoms with Crippen LogP contribution in [0.1, 0.15) is 38.3 Å². The Morgan fingerprint density at radius 2 is 1.62 bits per heavy atom. The molecule has 112 valence electrons. The third-order valence-electron chi connectivity index (χ3n) is 3.47. The van der Waals surface area contributed by atoms with Crippen molar-refractivity contribution in [1.29, 1.82) is 0 Å². The van der Waals surface area contributed by atoms with E-state index in [1.807, 2.05) is 0 Å². The van der Waals surface area contributed by atoms with E-state index in [0.29, 0.717) is 0 Å². The molecule has 0 saturated heterocycles. The summed E-state index contributed by atoms with van der Waals surface area (Å²) in [5.74, 6) is 1.82.